The number of nitrogens with two attached hydrogens (primary N) is 1. The number of H-pyrrole nitrogens is 1. The van der Waals surface area contributed by atoms with Crippen LogP contribution >= 0.6 is 12.2 Å². The molecule has 3 N–H and O–H groups in total. The average Bonchev–Trinajstić information content (AvgIpc) is 2.97. The Hall–Kier alpha value is -3.26. The highest BCUT2D eigenvalue weighted by Gasteiger charge is 2.16. The summed E-state index contributed by atoms with van der Waals surface area (Å²) in [5.41, 5.74) is 7.08. The number of ether oxygens (including phenoxy) is 1. The molecule has 0 aliphatic heterocycles. The van der Waals surface area contributed by atoms with Crippen molar-refractivity contribution in [3.8, 4) is 17.0 Å². The van der Waals surface area contributed by atoms with Gasteiger partial charge in [-0.05, 0) is 24.4 Å². The summed E-state index contributed by atoms with van der Waals surface area (Å²) in [4.78, 5) is 12.5. The van der Waals surface area contributed by atoms with Crippen molar-refractivity contribution < 1.29 is 4.74 Å². The van der Waals surface area contributed by atoms with E-state index in [1.807, 2.05) is 30.3 Å². The van der Waals surface area contributed by atoms with Gasteiger partial charge < -0.3 is 10.5 Å². The summed E-state index contributed by atoms with van der Waals surface area (Å²) in [6, 6.07) is 16.3. The molecule has 0 bridgehead atoms. The Balaban J connectivity index is 2.09. The number of nitrogens with zero attached hydrogens (tertiary/aromatic N) is 3. The predicted molar refractivity (Wildman–Crippen MR) is 99.8 cm³/mol. The van der Waals surface area contributed by atoms with Gasteiger partial charge in [0.2, 0.25) is 0 Å². The van der Waals surface area contributed by atoms with Crippen LogP contribution in [-0.2, 0) is 0 Å². The fraction of sp³-hybridized carbons (Fsp3) is 0.0588. The third-order valence-electron chi connectivity index (χ3n) is 3.47. The van der Waals surface area contributed by atoms with Gasteiger partial charge in [0.05, 0.1) is 18.5 Å². The van der Waals surface area contributed by atoms with Crippen molar-refractivity contribution in [3.05, 3.63) is 65.0 Å². The lowest BCUT2D eigenvalue weighted by molar-refractivity contribution is 0.415. The van der Waals surface area contributed by atoms with Crippen molar-refractivity contribution >= 4 is 28.7 Å². The second kappa shape index (κ2) is 7.10. The zero-order valence-electron chi connectivity index (χ0n) is 13.3. The van der Waals surface area contributed by atoms with E-state index in [9.17, 15) is 4.79 Å². The molecule has 0 radical (unpaired) electrons. The van der Waals surface area contributed by atoms with Crippen LogP contribution in [0.2, 0.25) is 0 Å². The number of hydrogen-bond acceptors (Lipinski definition) is 5. The van der Waals surface area contributed by atoms with E-state index in [0.717, 1.165) is 10.2 Å². The maximum Gasteiger partial charge on any atom is 0.301 e. The van der Waals surface area contributed by atoms with Crippen LogP contribution < -0.4 is 16.0 Å². The highest BCUT2D eigenvalue weighted by atomic mass is 32.1. The number of thiocarbonyl (C=S) groups is 1. The number of methoxy groups -OCH3 is 1. The van der Waals surface area contributed by atoms with Gasteiger partial charge in [0.25, 0.3) is 0 Å². The largest absolute Gasteiger partial charge is 0.497 e. The predicted octanol–water partition coefficient (Wildman–Crippen LogP) is 3.36. The normalized spacial score (nSPS) is 10.9. The molecule has 8 heteroatoms. The van der Waals surface area contributed by atoms with E-state index in [-0.39, 0.29) is 10.8 Å². The van der Waals surface area contributed by atoms with Crippen LogP contribution in [0.15, 0.2) is 69.6 Å². The zero-order chi connectivity index (χ0) is 17.8. The Bertz CT molecular complexity index is 992. The highest BCUT2D eigenvalue weighted by molar-refractivity contribution is 7.80. The highest BCUT2D eigenvalue weighted by Crippen LogP contribution is 2.27. The molecular formula is C17H15N5O2S. The van der Waals surface area contributed by atoms with Gasteiger partial charge in [-0.2, -0.15) is 9.80 Å². The number of rotatable bonds is 4. The molecule has 0 saturated heterocycles. The maximum absolute atomic E-state index is 12.5. The summed E-state index contributed by atoms with van der Waals surface area (Å²) in [6.07, 6.45) is 0. The molecule has 0 unspecified atom stereocenters. The molecule has 0 aliphatic carbocycles. The van der Waals surface area contributed by atoms with Crippen LogP contribution in [0.25, 0.3) is 11.3 Å². The van der Waals surface area contributed by atoms with Crippen LogP contribution in [0.4, 0.5) is 11.4 Å². The molecule has 0 atom stereocenters. The number of nitrogens with one attached hydrogen (secondary N) is 1. The Morgan fingerprint density at radius 2 is 1.92 bits per heavy atom. The summed E-state index contributed by atoms with van der Waals surface area (Å²) in [5.74, 6) is 0.648. The standard InChI is InChI=1S/C17H15N5O2S/c1-24-13-9-5-8-12(10-13)19-20-15-14(11-6-3-2-4-7-11)21-22(16(15)23)17(18)25/h2-10,21H,1H3,(H2,18,25). The van der Waals surface area contributed by atoms with Crippen LogP contribution in [0, 0.1) is 0 Å². The molecule has 0 amide bonds. The third kappa shape index (κ3) is 3.48. The Kier molecular flexibility index (Phi) is 4.71. The minimum Gasteiger partial charge on any atom is -0.497 e. The first-order valence-electron chi connectivity index (χ1n) is 7.36. The van der Waals surface area contributed by atoms with Crippen molar-refractivity contribution in [1.29, 1.82) is 0 Å². The smallest absolute Gasteiger partial charge is 0.301 e. The molecule has 0 saturated carbocycles. The molecule has 7 nitrogen and oxygen atoms in total. The second-order valence-electron chi connectivity index (χ2n) is 5.08. The summed E-state index contributed by atoms with van der Waals surface area (Å²) in [5, 5.41) is 11.0. The molecule has 1 aromatic heterocycles. The van der Waals surface area contributed by atoms with Crippen molar-refractivity contribution in [2.24, 2.45) is 16.0 Å². The average molecular weight is 353 g/mol. The summed E-state index contributed by atoms with van der Waals surface area (Å²) in [6.45, 7) is 0. The first-order chi connectivity index (χ1) is 12.1. The monoisotopic (exact) mass is 353 g/mol. The first kappa shape index (κ1) is 16.6. The molecule has 126 valence electrons. The lowest BCUT2D eigenvalue weighted by Gasteiger charge is -2.00. The van der Waals surface area contributed by atoms with Crippen LogP contribution in [0.5, 0.6) is 5.75 Å². The lowest BCUT2D eigenvalue weighted by atomic mass is 10.1. The van der Waals surface area contributed by atoms with E-state index in [1.165, 1.54) is 0 Å². The number of benzene rings is 2. The van der Waals surface area contributed by atoms with Gasteiger partial charge in [-0.25, -0.2) is 0 Å². The molecule has 0 fully saturated rings. The number of aromatic nitrogens is 2. The molecule has 1 heterocycles. The van der Waals surface area contributed by atoms with Crippen molar-refractivity contribution in [2.75, 3.05) is 7.11 Å². The molecule has 25 heavy (non-hydrogen) atoms. The maximum atomic E-state index is 12.5. The zero-order valence-corrected chi connectivity index (χ0v) is 14.2. The van der Waals surface area contributed by atoms with Gasteiger partial charge in [-0.1, -0.05) is 36.4 Å². The molecule has 3 aromatic rings. The molecule has 3 rings (SSSR count). The van der Waals surface area contributed by atoms with Gasteiger partial charge >= 0.3 is 5.56 Å². The van der Waals surface area contributed by atoms with E-state index < -0.39 is 5.56 Å². The van der Waals surface area contributed by atoms with Gasteiger partial charge in [-0.3, -0.25) is 9.89 Å². The number of aromatic amines is 1. The van der Waals surface area contributed by atoms with Crippen molar-refractivity contribution in [3.63, 3.8) is 0 Å². The fourth-order valence-electron chi connectivity index (χ4n) is 2.26. The Morgan fingerprint density at radius 1 is 1.16 bits per heavy atom. The van der Waals surface area contributed by atoms with E-state index in [4.69, 9.17) is 22.7 Å². The Labute approximate surface area is 148 Å². The second-order valence-corrected chi connectivity index (χ2v) is 5.50. The van der Waals surface area contributed by atoms with Crippen molar-refractivity contribution in [2.45, 2.75) is 0 Å². The summed E-state index contributed by atoms with van der Waals surface area (Å²) >= 11 is 4.90. The lowest BCUT2D eigenvalue weighted by Crippen LogP contribution is -2.29. The first-order valence-corrected chi connectivity index (χ1v) is 7.77. The fourth-order valence-corrected chi connectivity index (χ4v) is 2.39. The quantitative estimate of drug-likeness (QED) is 0.555. The van der Waals surface area contributed by atoms with Crippen LogP contribution in [-0.4, -0.2) is 22.0 Å². The molecule has 0 aliphatic rings. The van der Waals surface area contributed by atoms with E-state index in [2.05, 4.69) is 15.3 Å². The van der Waals surface area contributed by atoms with E-state index >= 15 is 0 Å². The van der Waals surface area contributed by atoms with E-state index in [1.54, 1.807) is 31.4 Å². The minimum atomic E-state index is -0.460. The minimum absolute atomic E-state index is 0.0926. The topological polar surface area (TPSA) is 97.8 Å². The van der Waals surface area contributed by atoms with Gasteiger partial charge in [0, 0.05) is 11.6 Å². The van der Waals surface area contributed by atoms with E-state index in [0.29, 0.717) is 17.1 Å². The van der Waals surface area contributed by atoms with Crippen LogP contribution in [0.3, 0.4) is 0 Å². The third-order valence-corrected chi connectivity index (χ3v) is 3.65. The van der Waals surface area contributed by atoms with Crippen LogP contribution in [0.1, 0.15) is 0 Å². The molecule has 2 aromatic carbocycles. The Morgan fingerprint density at radius 3 is 2.60 bits per heavy atom. The SMILES string of the molecule is COc1cccc(N=Nc2c(-c3ccccc3)[nH]n(C(N)=S)c2=O)c1. The van der Waals surface area contributed by atoms with Crippen molar-refractivity contribution in [1.82, 2.24) is 9.78 Å². The van der Waals surface area contributed by atoms with Gasteiger partial charge in [0.15, 0.2) is 10.8 Å². The molecule has 0 spiro atoms. The summed E-state index contributed by atoms with van der Waals surface area (Å²) < 4.78 is 6.22. The van der Waals surface area contributed by atoms with Gasteiger partial charge in [0.1, 0.15) is 5.75 Å². The van der Waals surface area contributed by atoms with Gasteiger partial charge in [-0.15, -0.1) is 5.11 Å². The number of azo groups is 1. The number of hydrogen-bond donors (Lipinski definition) is 2. The molecular weight excluding hydrogens is 338 g/mol. The summed E-state index contributed by atoms with van der Waals surface area (Å²) in [7, 11) is 1.57.